The molecule has 29 heavy (non-hydrogen) atoms. The van der Waals surface area contributed by atoms with Crippen molar-refractivity contribution >= 4 is 41.7 Å². The lowest BCUT2D eigenvalue weighted by Crippen LogP contribution is -2.41. The summed E-state index contributed by atoms with van der Waals surface area (Å²) in [4.78, 5) is 10.0. The van der Waals surface area contributed by atoms with Crippen LogP contribution in [0.25, 0.3) is 0 Å². The van der Waals surface area contributed by atoms with Crippen molar-refractivity contribution in [3.05, 3.63) is 11.6 Å². The number of thioether (sulfide) groups is 1. The zero-order chi connectivity index (χ0) is 19.8. The molecule has 7 nitrogen and oxygen atoms in total. The number of rotatable bonds is 8. The summed E-state index contributed by atoms with van der Waals surface area (Å²) in [6.45, 7) is 9.58. The van der Waals surface area contributed by atoms with Gasteiger partial charge in [0.25, 0.3) is 0 Å². The predicted molar refractivity (Wildman–Crippen MR) is 133 cm³/mol. The largest absolute Gasteiger partial charge is 0.356 e. The summed E-state index contributed by atoms with van der Waals surface area (Å²) >= 11 is 1.90. The third-order valence-electron chi connectivity index (χ3n) is 5.91. The smallest absolute Gasteiger partial charge is 0.194 e. The van der Waals surface area contributed by atoms with Gasteiger partial charge in [-0.25, -0.2) is 4.99 Å². The average molecular weight is 536 g/mol. The Hall–Kier alpha value is -0.550. The monoisotopic (exact) mass is 535 g/mol. The normalized spacial score (nSPS) is 20.7. The minimum atomic E-state index is 0. The van der Waals surface area contributed by atoms with Crippen LogP contribution < -0.4 is 5.32 Å². The van der Waals surface area contributed by atoms with Gasteiger partial charge in [0.2, 0.25) is 0 Å². The van der Waals surface area contributed by atoms with Gasteiger partial charge in [-0.2, -0.15) is 11.8 Å². The number of piperidine rings is 1. The van der Waals surface area contributed by atoms with Gasteiger partial charge in [0.1, 0.15) is 12.4 Å². The van der Waals surface area contributed by atoms with E-state index in [1.807, 2.05) is 30.3 Å². The molecule has 3 rings (SSSR count). The van der Waals surface area contributed by atoms with Crippen molar-refractivity contribution < 1.29 is 0 Å². The summed E-state index contributed by atoms with van der Waals surface area (Å²) in [6.07, 6.45) is 8.75. The van der Waals surface area contributed by atoms with Gasteiger partial charge < -0.3 is 19.7 Å². The molecule has 0 radical (unpaired) electrons. The Bertz CT molecular complexity index is 630. The molecule has 2 fully saturated rings. The van der Waals surface area contributed by atoms with E-state index < -0.39 is 0 Å². The quantitative estimate of drug-likeness (QED) is 0.239. The molecule has 3 heterocycles. The van der Waals surface area contributed by atoms with E-state index in [0.717, 1.165) is 49.6 Å². The molecule has 0 amide bonds. The number of aliphatic imine (C=N–C) groups is 1. The van der Waals surface area contributed by atoms with E-state index in [0.29, 0.717) is 6.54 Å². The van der Waals surface area contributed by atoms with Crippen LogP contribution in [0.5, 0.6) is 0 Å². The van der Waals surface area contributed by atoms with E-state index in [2.05, 4.69) is 31.6 Å². The summed E-state index contributed by atoms with van der Waals surface area (Å²) in [5.41, 5.74) is 0. The Balaban J connectivity index is 0.00000300. The Kier molecular flexibility index (Phi) is 11.1. The van der Waals surface area contributed by atoms with Crippen LogP contribution in [0.1, 0.15) is 43.8 Å². The van der Waals surface area contributed by atoms with Gasteiger partial charge in [0.15, 0.2) is 11.8 Å². The first kappa shape index (κ1) is 24.7. The van der Waals surface area contributed by atoms with Crippen molar-refractivity contribution in [3.63, 3.8) is 0 Å². The minimum absolute atomic E-state index is 0. The van der Waals surface area contributed by atoms with E-state index in [4.69, 9.17) is 4.99 Å². The van der Waals surface area contributed by atoms with Crippen molar-refractivity contribution in [1.82, 2.24) is 29.9 Å². The van der Waals surface area contributed by atoms with Crippen LogP contribution in [0, 0.1) is 12.8 Å². The minimum Gasteiger partial charge on any atom is -0.356 e. The summed E-state index contributed by atoms with van der Waals surface area (Å²) in [6, 6.07) is 0. The highest BCUT2D eigenvalue weighted by molar-refractivity contribution is 14.0. The lowest BCUT2D eigenvalue weighted by Gasteiger charge is -2.29. The molecule has 1 aromatic heterocycles. The molecule has 2 aliphatic rings. The molecule has 2 saturated heterocycles. The standard InChI is InChI=1S/C20H37N7S.HI/c1-17-23-24-19(25(17)2)14-22-20(21-9-7-13-28-3)27-12-8-18(16-27)15-26-10-5-4-6-11-26;/h18H,4-16H2,1-3H3,(H,21,22);1H. The number of aromatic nitrogens is 3. The second kappa shape index (κ2) is 13.0. The van der Waals surface area contributed by atoms with Crippen molar-refractivity contribution in [2.24, 2.45) is 18.0 Å². The molecule has 0 aliphatic carbocycles. The number of nitrogens with zero attached hydrogens (tertiary/aromatic N) is 6. The number of guanidine groups is 1. The van der Waals surface area contributed by atoms with E-state index in [9.17, 15) is 0 Å². The highest BCUT2D eigenvalue weighted by Crippen LogP contribution is 2.20. The van der Waals surface area contributed by atoms with E-state index >= 15 is 0 Å². The van der Waals surface area contributed by atoms with Crippen LogP contribution in [0.4, 0.5) is 0 Å². The molecule has 0 bridgehead atoms. The van der Waals surface area contributed by atoms with Crippen LogP contribution >= 0.6 is 35.7 Å². The van der Waals surface area contributed by atoms with Gasteiger partial charge in [-0.1, -0.05) is 6.42 Å². The molecule has 1 N–H and O–H groups in total. The molecule has 9 heteroatoms. The van der Waals surface area contributed by atoms with Crippen LogP contribution in [-0.4, -0.2) is 81.8 Å². The van der Waals surface area contributed by atoms with Crippen molar-refractivity contribution in [1.29, 1.82) is 0 Å². The van der Waals surface area contributed by atoms with Gasteiger partial charge in [0.05, 0.1) is 0 Å². The molecule has 2 aliphatic heterocycles. The number of halogens is 1. The fourth-order valence-electron chi connectivity index (χ4n) is 4.10. The first-order valence-electron chi connectivity index (χ1n) is 10.8. The van der Waals surface area contributed by atoms with Gasteiger partial charge in [0, 0.05) is 33.2 Å². The Morgan fingerprint density at radius 1 is 1.21 bits per heavy atom. The van der Waals surface area contributed by atoms with Crippen molar-refractivity contribution in [2.75, 3.05) is 51.3 Å². The first-order valence-corrected chi connectivity index (χ1v) is 12.2. The molecule has 1 unspecified atom stereocenters. The topological polar surface area (TPSA) is 61.6 Å². The molecular weight excluding hydrogens is 497 g/mol. The number of aryl methyl sites for hydroxylation is 1. The van der Waals surface area contributed by atoms with Crippen molar-refractivity contribution in [3.8, 4) is 0 Å². The average Bonchev–Trinajstić information content (AvgIpc) is 3.30. The summed E-state index contributed by atoms with van der Waals surface area (Å²) in [7, 11) is 2.01. The highest BCUT2D eigenvalue weighted by Gasteiger charge is 2.27. The number of hydrogen-bond acceptors (Lipinski definition) is 5. The molecule has 0 spiro atoms. The maximum atomic E-state index is 4.92. The van der Waals surface area contributed by atoms with E-state index in [1.54, 1.807) is 0 Å². The van der Waals surface area contributed by atoms with Crippen LogP contribution in [0.3, 0.4) is 0 Å². The van der Waals surface area contributed by atoms with Crippen molar-refractivity contribution in [2.45, 2.75) is 45.6 Å². The van der Waals surface area contributed by atoms with Crippen LogP contribution in [-0.2, 0) is 13.6 Å². The molecule has 0 aromatic carbocycles. The zero-order valence-corrected chi connectivity index (χ0v) is 21.4. The molecular formula is C20H38IN7S. The SMILES string of the molecule is CSCCCNC(=NCc1nnc(C)n1C)N1CCC(CN2CCCCC2)C1.I. The maximum Gasteiger partial charge on any atom is 0.194 e. The Morgan fingerprint density at radius 2 is 2.00 bits per heavy atom. The molecule has 0 saturated carbocycles. The van der Waals surface area contributed by atoms with Gasteiger partial charge >= 0.3 is 0 Å². The van der Waals surface area contributed by atoms with Crippen LogP contribution in [0.15, 0.2) is 4.99 Å². The third kappa shape index (κ3) is 7.57. The molecule has 1 aromatic rings. The van der Waals surface area contributed by atoms with Gasteiger partial charge in [-0.3, -0.25) is 0 Å². The lowest BCUT2D eigenvalue weighted by atomic mass is 10.1. The van der Waals surface area contributed by atoms with Crippen LogP contribution in [0.2, 0.25) is 0 Å². The molecule has 1 atom stereocenters. The second-order valence-corrected chi connectivity index (χ2v) is 9.08. The zero-order valence-electron chi connectivity index (χ0n) is 18.3. The highest BCUT2D eigenvalue weighted by atomic mass is 127. The van der Waals surface area contributed by atoms with Gasteiger partial charge in [-0.05, 0) is 63.6 Å². The lowest BCUT2D eigenvalue weighted by molar-refractivity contribution is 0.198. The first-order chi connectivity index (χ1) is 13.7. The fraction of sp³-hybridized carbons (Fsp3) is 0.850. The van der Waals surface area contributed by atoms with E-state index in [-0.39, 0.29) is 24.0 Å². The Morgan fingerprint density at radius 3 is 2.69 bits per heavy atom. The third-order valence-corrected chi connectivity index (χ3v) is 6.61. The fourth-order valence-corrected chi connectivity index (χ4v) is 4.53. The van der Waals surface area contributed by atoms with E-state index in [1.165, 1.54) is 51.1 Å². The molecule has 166 valence electrons. The number of hydrogen-bond donors (Lipinski definition) is 1. The van der Waals surface area contributed by atoms with Gasteiger partial charge in [-0.15, -0.1) is 34.2 Å². The summed E-state index contributed by atoms with van der Waals surface area (Å²) in [5.74, 6) is 4.84. The number of likely N-dealkylation sites (tertiary alicyclic amines) is 2. The second-order valence-electron chi connectivity index (χ2n) is 8.10. The summed E-state index contributed by atoms with van der Waals surface area (Å²) < 4.78 is 2.03. The Labute approximate surface area is 197 Å². The maximum absolute atomic E-state index is 4.92. The summed E-state index contributed by atoms with van der Waals surface area (Å²) in [5, 5.41) is 12.0. The predicted octanol–water partition coefficient (Wildman–Crippen LogP) is 2.75. The number of nitrogens with one attached hydrogen (secondary N) is 1.